The second-order valence-electron chi connectivity index (χ2n) is 6.10. The molecule has 0 aliphatic carbocycles. The Bertz CT molecular complexity index is 589. The van der Waals surface area contributed by atoms with Crippen LogP contribution in [0.2, 0.25) is 0 Å². The number of pyridine rings is 1. The number of halogens is 1. The van der Waals surface area contributed by atoms with Crippen molar-refractivity contribution in [3.8, 4) is 11.3 Å². The first kappa shape index (κ1) is 13.7. The fraction of sp³-hybridized carbons (Fsp3) is 0.353. The monoisotopic (exact) mass is 258 g/mol. The maximum absolute atomic E-state index is 14.0. The number of aromatic nitrogens is 1. The van der Waals surface area contributed by atoms with E-state index in [2.05, 4.69) is 33.0 Å². The lowest BCUT2D eigenvalue weighted by molar-refractivity contribution is -0.661. The van der Waals surface area contributed by atoms with Gasteiger partial charge < -0.3 is 0 Å². The first-order chi connectivity index (χ1) is 8.80. The summed E-state index contributed by atoms with van der Waals surface area (Å²) in [7, 11) is 1.97. The standard InChI is InChI=1S/C17H21FN/c1-12-7-6-8-14(18)16(12)15-10-9-13(11-19(15)5)17(2,3)4/h6-11H,1-5H3/q+1. The highest BCUT2D eigenvalue weighted by atomic mass is 19.1. The molecule has 0 amide bonds. The van der Waals surface area contributed by atoms with Crippen LogP contribution in [-0.2, 0) is 12.5 Å². The zero-order valence-corrected chi connectivity index (χ0v) is 12.3. The zero-order valence-electron chi connectivity index (χ0n) is 12.3. The molecule has 1 heterocycles. The molecule has 0 aliphatic heterocycles. The molecular weight excluding hydrogens is 237 g/mol. The third-order valence-corrected chi connectivity index (χ3v) is 3.48. The van der Waals surface area contributed by atoms with Gasteiger partial charge in [-0.1, -0.05) is 32.9 Å². The van der Waals surface area contributed by atoms with Crippen LogP contribution in [0, 0.1) is 12.7 Å². The van der Waals surface area contributed by atoms with Gasteiger partial charge in [0.15, 0.2) is 6.20 Å². The van der Waals surface area contributed by atoms with E-state index >= 15 is 0 Å². The van der Waals surface area contributed by atoms with E-state index in [1.54, 1.807) is 6.07 Å². The smallest absolute Gasteiger partial charge is 0.206 e. The van der Waals surface area contributed by atoms with Crippen molar-refractivity contribution < 1.29 is 8.96 Å². The normalized spacial score (nSPS) is 11.7. The summed E-state index contributed by atoms with van der Waals surface area (Å²) in [6.07, 6.45) is 2.08. The van der Waals surface area contributed by atoms with Crippen molar-refractivity contribution in [2.75, 3.05) is 0 Å². The van der Waals surface area contributed by atoms with Gasteiger partial charge in [0.25, 0.3) is 0 Å². The Hall–Kier alpha value is -1.70. The molecule has 0 bridgehead atoms. The molecule has 0 atom stereocenters. The molecule has 0 radical (unpaired) electrons. The minimum atomic E-state index is -0.167. The fourth-order valence-electron chi connectivity index (χ4n) is 2.27. The first-order valence-corrected chi connectivity index (χ1v) is 6.56. The van der Waals surface area contributed by atoms with Gasteiger partial charge in [0, 0.05) is 11.6 Å². The first-order valence-electron chi connectivity index (χ1n) is 6.56. The van der Waals surface area contributed by atoms with Crippen LogP contribution in [0.25, 0.3) is 11.3 Å². The lowest BCUT2D eigenvalue weighted by Crippen LogP contribution is -2.33. The summed E-state index contributed by atoms with van der Waals surface area (Å²) in [6.45, 7) is 8.47. The highest BCUT2D eigenvalue weighted by Crippen LogP contribution is 2.26. The summed E-state index contributed by atoms with van der Waals surface area (Å²) in [4.78, 5) is 0. The predicted octanol–water partition coefficient (Wildman–Crippen LogP) is 3.92. The lowest BCUT2D eigenvalue weighted by Gasteiger charge is -2.17. The van der Waals surface area contributed by atoms with Gasteiger partial charge in [-0.2, -0.15) is 0 Å². The van der Waals surface area contributed by atoms with E-state index in [1.165, 1.54) is 11.6 Å². The van der Waals surface area contributed by atoms with E-state index < -0.39 is 0 Å². The summed E-state index contributed by atoms with van der Waals surface area (Å²) < 4.78 is 16.0. The van der Waals surface area contributed by atoms with Crippen LogP contribution in [0.3, 0.4) is 0 Å². The van der Waals surface area contributed by atoms with Crippen LogP contribution in [-0.4, -0.2) is 0 Å². The molecule has 1 nitrogen and oxygen atoms in total. The fourth-order valence-corrected chi connectivity index (χ4v) is 2.27. The number of hydrogen-bond acceptors (Lipinski definition) is 0. The van der Waals surface area contributed by atoms with Crippen LogP contribution >= 0.6 is 0 Å². The second kappa shape index (κ2) is 4.76. The maximum Gasteiger partial charge on any atom is 0.215 e. The molecule has 2 heteroatoms. The summed E-state index contributed by atoms with van der Waals surface area (Å²) in [5, 5.41) is 0. The predicted molar refractivity (Wildman–Crippen MR) is 76.4 cm³/mol. The Labute approximate surface area is 114 Å². The largest absolute Gasteiger partial charge is 0.215 e. The van der Waals surface area contributed by atoms with Crippen LogP contribution in [0.4, 0.5) is 4.39 Å². The molecule has 2 aromatic rings. The summed E-state index contributed by atoms with van der Waals surface area (Å²) in [5.41, 5.74) is 3.89. The zero-order chi connectivity index (χ0) is 14.2. The van der Waals surface area contributed by atoms with Gasteiger partial charge in [-0.05, 0) is 30.0 Å². The molecule has 0 unspecified atom stereocenters. The molecule has 0 fully saturated rings. The van der Waals surface area contributed by atoms with Crippen molar-refractivity contribution in [3.63, 3.8) is 0 Å². The number of benzene rings is 1. The lowest BCUT2D eigenvalue weighted by atomic mass is 9.88. The summed E-state index contributed by atoms with van der Waals surface area (Å²) in [6, 6.07) is 9.29. The quantitative estimate of drug-likeness (QED) is 0.682. The SMILES string of the molecule is Cc1cccc(F)c1-c1ccc(C(C)(C)C)c[n+]1C. The van der Waals surface area contributed by atoms with E-state index in [4.69, 9.17) is 0 Å². The van der Waals surface area contributed by atoms with Crippen LogP contribution in [0.1, 0.15) is 31.9 Å². The van der Waals surface area contributed by atoms with Crippen molar-refractivity contribution in [1.29, 1.82) is 0 Å². The van der Waals surface area contributed by atoms with Crippen molar-refractivity contribution in [2.24, 2.45) is 7.05 Å². The van der Waals surface area contributed by atoms with Gasteiger partial charge in [0.05, 0.1) is 5.56 Å². The minimum absolute atomic E-state index is 0.0978. The molecule has 19 heavy (non-hydrogen) atoms. The van der Waals surface area contributed by atoms with Crippen LogP contribution in [0.5, 0.6) is 0 Å². The number of hydrogen-bond donors (Lipinski definition) is 0. The average Bonchev–Trinajstić information content (AvgIpc) is 2.29. The van der Waals surface area contributed by atoms with Crippen molar-refractivity contribution >= 4 is 0 Å². The second-order valence-corrected chi connectivity index (χ2v) is 6.10. The van der Waals surface area contributed by atoms with E-state index in [9.17, 15) is 4.39 Å². The molecule has 0 spiro atoms. The molecule has 0 saturated heterocycles. The molecule has 2 rings (SSSR count). The average molecular weight is 258 g/mol. The highest BCUT2D eigenvalue weighted by Gasteiger charge is 2.21. The molecule has 100 valence electrons. The van der Waals surface area contributed by atoms with Crippen molar-refractivity contribution in [2.45, 2.75) is 33.1 Å². The van der Waals surface area contributed by atoms with Gasteiger partial charge >= 0.3 is 0 Å². The van der Waals surface area contributed by atoms with Crippen LogP contribution in [0.15, 0.2) is 36.5 Å². The van der Waals surface area contributed by atoms with Gasteiger partial charge in [-0.25, -0.2) is 8.96 Å². The molecule has 1 aromatic carbocycles. The minimum Gasteiger partial charge on any atom is -0.206 e. The van der Waals surface area contributed by atoms with E-state index in [1.807, 2.05) is 30.7 Å². The van der Waals surface area contributed by atoms with Crippen molar-refractivity contribution in [1.82, 2.24) is 0 Å². The Morgan fingerprint density at radius 3 is 2.26 bits per heavy atom. The van der Waals surface area contributed by atoms with Crippen molar-refractivity contribution in [3.05, 3.63) is 53.5 Å². The highest BCUT2D eigenvalue weighted by molar-refractivity contribution is 5.61. The van der Waals surface area contributed by atoms with Crippen LogP contribution < -0.4 is 4.57 Å². The number of aryl methyl sites for hydroxylation is 2. The van der Waals surface area contributed by atoms with Gasteiger partial charge in [-0.3, -0.25) is 0 Å². The third kappa shape index (κ3) is 2.67. The Kier molecular flexibility index (Phi) is 3.44. The maximum atomic E-state index is 14.0. The van der Waals surface area contributed by atoms with E-state index in [0.29, 0.717) is 5.56 Å². The van der Waals surface area contributed by atoms with Gasteiger partial charge in [-0.15, -0.1) is 0 Å². The van der Waals surface area contributed by atoms with Gasteiger partial charge in [0.1, 0.15) is 12.9 Å². The Balaban J connectivity index is 2.59. The van der Waals surface area contributed by atoms with E-state index in [0.717, 1.165) is 11.3 Å². The van der Waals surface area contributed by atoms with E-state index in [-0.39, 0.29) is 11.2 Å². The van der Waals surface area contributed by atoms with Gasteiger partial charge in [0.2, 0.25) is 5.69 Å². The molecular formula is C17H21FN+. The molecule has 0 aliphatic rings. The Morgan fingerprint density at radius 2 is 1.74 bits per heavy atom. The number of nitrogens with zero attached hydrogens (tertiary/aromatic N) is 1. The molecule has 0 saturated carbocycles. The molecule has 0 N–H and O–H groups in total. The summed E-state index contributed by atoms with van der Waals surface area (Å²) >= 11 is 0. The topological polar surface area (TPSA) is 3.88 Å². The Morgan fingerprint density at radius 1 is 1.05 bits per heavy atom. The third-order valence-electron chi connectivity index (χ3n) is 3.48. The number of rotatable bonds is 1. The molecule has 1 aromatic heterocycles. The summed E-state index contributed by atoms with van der Waals surface area (Å²) in [5.74, 6) is -0.167.